The molecule has 0 saturated carbocycles. The van der Waals surface area contributed by atoms with E-state index in [2.05, 4.69) is 0 Å². The Kier molecular flexibility index (Phi) is 8.37. The third kappa shape index (κ3) is 6.00. The average Bonchev–Trinajstić information content (AvgIpc) is 2.95. The number of hydrogen-bond acceptors (Lipinski definition) is 7. The minimum Gasteiger partial charge on any atom is -0.483 e. The minimum atomic E-state index is -0.775. The number of pyridine rings is 1. The van der Waals surface area contributed by atoms with Crippen LogP contribution in [0.1, 0.15) is 22.3 Å². The van der Waals surface area contributed by atoms with Gasteiger partial charge >= 0.3 is 0 Å². The van der Waals surface area contributed by atoms with Crippen LogP contribution in [0, 0.1) is 6.92 Å². The molecule has 0 aliphatic carbocycles. The summed E-state index contributed by atoms with van der Waals surface area (Å²) in [5, 5.41) is 18.3. The molecule has 1 heterocycles. The quantitative estimate of drug-likeness (QED) is 0.187. The van der Waals surface area contributed by atoms with Gasteiger partial charge in [0.1, 0.15) is 11.5 Å². The van der Waals surface area contributed by atoms with Crippen molar-refractivity contribution in [3.05, 3.63) is 105 Å². The molecular formula is C28H27N3O7. The summed E-state index contributed by atoms with van der Waals surface area (Å²) in [6.07, 6.45) is 0.377. The summed E-state index contributed by atoms with van der Waals surface area (Å²) in [6, 6.07) is 22.2. The van der Waals surface area contributed by atoms with Crippen LogP contribution in [-0.4, -0.2) is 40.0 Å². The molecule has 4 N–H and O–H groups in total. The van der Waals surface area contributed by atoms with Crippen molar-refractivity contribution in [2.24, 2.45) is 0 Å². The van der Waals surface area contributed by atoms with Gasteiger partial charge in [-0.1, -0.05) is 60.7 Å². The summed E-state index contributed by atoms with van der Waals surface area (Å²) in [5.41, 5.74) is 6.35. The van der Waals surface area contributed by atoms with Crippen LogP contribution < -0.4 is 26.0 Å². The monoisotopic (exact) mass is 517 g/mol. The zero-order valence-electron chi connectivity index (χ0n) is 20.6. The number of carbonyl (C=O) groups is 2. The van der Waals surface area contributed by atoms with Gasteiger partial charge in [-0.25, -0.2) is 11.0 Å². The first-order chi connectivity index (χ1) is 18.4. The van der Waals surface area contributed by atoms with Crippen molar-refractivity contribution in [2.75, 3.05) is 13.2 Å². The van der Waals surface area contributed by atoms with Crippen molar-refractivity contribution in [3.63, 3.8) is 0 Å². The van der Waals surface area contributed by atoms with Crippen LogP contribution in [0.25, 0.3) is 10.9 Å². The Hall–Kier alpha value is -4.67. The van der Waals surface area contributed by atoms with E-state index in [-0.39, 0.29) is 23.6 Å². The van der Waals surface area contributed by atoms with Gasteiger partial charge in [-0.15, -0.1) is 0 Å². The molecule has 0 radical (unpaired) electrons. The van der Waals surface area contributed by atoms with Gasteiger partial charge in [0.25, 0.3) is 17.4 Å². The first-order valence-corrected chi connectivity index (χ1v) is 11.8. The van der Waals surface area contributed by atoms with E-state index in [4.69, 9.17) is 19.9 Å². The topological polar surface area (TPSA) is 139 Å². The molecule has 0 aliphatic heterocycles. The number of carbonyl (C=O) groups excluding carboxylic acids is 2. The van der Waals surface area contributed by atoms with Crippen molar-refractivity contribution in [3.8, 4) is 11.5 Å². The summed E-state index contributed by atoms with van der Waals surface area (Å²) in [6.45, 7) is 1.06. The van der Waals surface area contributed by atoms with E-state index < -0.39 is 25.0 Å². The molecular weight excluding hydrogens is 490 g/mol. The van der Waals surface area contributed by atoms with Crippen LogP contribution in [0.15, 0.2) is 77.6 Å². The molecule has 0 atom stereocenters. The predicted molar refractivity (Wildman–Crippen MR) is 139 cm³/mol. The Balaban J connectivity index is 1.95. The molecule has 1 aromatic heterocycles. The maximum Gasteiger partial charge on any atom is 0.281 e. The number of ether oxygens (including phenoxy) is 2. The standard InChI is InChI=1S/C28H27N3O7/c1-18-22(12-19-8-4-2-5-9-19)28(34)31(15-20-10-6-3-7-11-20)23-13-21(37-16-25(32)29-35)14-24(27(18)23)38-17-26(33)30-36/h2-11,13-14,35-36H,12,15-17H2,1H3,(H,29,32)(H,30,33). The van der Waals surface area contributed by atoms with Crippen molar-refractivity contribution in [1.82, 2.24) is 15.5 Å². The van der Waals surface area contributed by atoms with E-state index in [1.165, 1.54) is 17.0 Å². The lowest BCUT2D eigenvalue weighted by atomic mass is 9.97. The van der Waals surface area contributed by atoms with Gasteiger partial charge in [0.2, 0.25) is 0 Å². The lowest BCUT2D eigenvalue weighted by molar-refractivity contribution is -0.131. The Labute approximate surface area is 218 Å². The number of benzene rings is 3. The van der Waals surface area contributed by atoms with E-state index >= 15 is 0 Å². The fourth-order valence-corrected chi connectivity index (χ4v) is 4.23. The lowest BCUT2D eigenvalue weighted by Crippen LogP contribution is -2.28. The van der Waals surface area contributed by atoms with Gasteiger partial charge in [-0.05, 0) is 23.6 Å². The number of hydrogen-bond donors (Lipinski definition) is 4. The zero-order valence-corrected chi connectivity index (χ0v) is 20.6. The maximum atomic E-state index is 13.9. The molecule has 0 unspecified atom stereocenters. The first-order valence-electron chi connectivity index (χ1n) is 11.8. The van der Waals surface area contributed by atoms with Crippen LogP contribution in [0.2, 0.25) is 0 Å². The first kappa shape index (κ1) is 26.4. The number of amides is 2. The predicted octanol–water partition coefficient (Wildman–Crippen LogP) is 2.72. The molecule has 196 valence electrons. The van der Waals surface area contributed by atoms with Gasteiger partial charge in [0, 0.05) is 29.5 Å². The fraction of sp³-hybridized carbons (Fsp3) is 0.179. The van der Waals surface area contributed by atoms with Crippen molar-refractivity contribution in [1.29, 1.82) is 0 Å². The number of hydroxylamine groups is 2. The highest BCUT2D eigenvalue weighted by atomic mass is 16.5. The Bertz CT molecular complexity index is 1500. The fourth-order valence-electron chi connectivity index (χ4n) is 4.23. The highest BCUT2D eigenvalue weighted by Gasteiger charge is 2.20. The smallest absolute Gasteiger partial charge is 0.281 e. The van der Waals surface area contributed by atoms with Gasteiger partial charge < -0.3 is 14.0 Å². The molecule has 38 heavy (non-hydrogen) atoms. The molecule has 0 saturated heterocycles. The van der Waals surface area contributed by atoms with Crippen LogP contribution in [0.4, 0.5) is 0 Å². The van der Waals surface area contributed by atoms with E-state index in [0.717, 1.165) is 11.1 Å². The van der Waals surface area contributed by atoms with Crippen LogP contribution in [0.3, 0.4) is 0 Å². The largest absolute Gasteiger partial charge is 0.483 e. The van der Waals surface area contributed by atoms with Crippen LogP contribution in [-0.2, 0) is 22.6 Å². The molecule has 0 bridgehead atoms. The number of nitrogens with one attached hydrogen (secondary N) is 2. The van der Waals surface area contributed by atoms with Crippen molar-refractivity contribution in [2.45, 2.75) is 19.9 Å². The third-order valence-electron chi connectivity index (χ3n) is 6.06. The van der Waals surface area contributed by atoms with Gasteiger partial charge in [0.15, 0.2) is 13.2 Å². The second-order valence-corrected chi connectivity index (χ2v) is 8.61. The summed E-state index contributed by atoms with van der Waals surface area (Å²) in [5.74, 6) is -1.15. The van der Waals surface area contributed by atoms with Gasteiger partial charge in [-0.2, -0.15) is 0 Å². The Morgan fingerprint density at radius 1 is 0.842 bits per heavy atom. The van der Waals surface area contributed by atoms with Gasteiger partial charge in [-0.3, -0.25) is 24.8 Å². The van der Waals surface area contributed by atoms with E-state index in [9.17, 15) is 14.4 Å². The van der Waals surface area contributed by atoms with Gasteiger partial charge in [0.05, 0.1) is 12.1 Å². The third-order valence-corrected chi connectivity index (χ3v) is 6.06. The number of rotatable bonds is 10. The van der Waals surface area contributed by atoms with Crippen LogP contribution in [0.5, 0.6) is 11.5 Å². The number of fused-ring (bicyclic) bond motifs is 1. The number of nitrogens with zero attached hydrogens (tertiary/aromatic N) is 1. The van der Waals surface area contributed by atoms with Crippen molar-refractivity contribution < 1.29 is 29.5 Å². The second-order valence-electron chi connectivity index (χ2n) is 8.61. The molecule has 10 heteroatoms. The zero-order chi connectivity index (χ0) is 27.1. The lowest BCUT2D eigenvalue weighted by Gasteiger charge is -2.20. The molecule has 0 aliphatic rings. The molecule has 4 rings (SSSR count). The molecule has 0 fully saturated rings. The summed E-state index contributed by atoms with van der Waals surface area (Å²) in [4.78, 5) is 37.3. The Morgan fingerprint density at radius 2 is 1.42 bits per heavy atom. The Morgan fingerprint density at radius 3 is 2.03 bits per heavy atom. The minimum absolute atomic E-state index is 0.178. The highest BCUT2D eigenvalue weighted by Crippen LogP contribution is 2.35. The number of aryl methyl sites for hydroxylation is 1. The average molecular weight is 518 g/mol. The van der Waals surface area contributed by atoms with E-state index in [1.54, 1.807) is 10.6 Å². The molecule has 10 nitrogen and oxygen atoms in total. The normalized spacial score (nSPS) is 10.7. The van der Waals surface area contributed by atoms with Crippen LogP contribution >= 0.6 is 0 Å². The van der Waals surface area contributed by atoms with E-state index in [1.807, 2.05) is 67.6 Å². The summed E-state index contributed by atoms with van der Waals surface area (Å²) >= 11 is 0. The molecule has 3 aromatic carbocycles. The SMILES string of the molecule is Cc1c(Cc2ccccc2)c(=O)n(Cc2ccccc2)c2cc(OCC(=O)NO)cc(OCC(=O)NO)c12. The van der Waals surface area contributed by atoms with E-state index in [0.29, 0.717) is 28.5 Å². The number of aromatic nitrogens is 1. The molecule has 0 spiro atoms. The maximum absolute atomic E-state index is 13.9. The second kappa shape index (κ2) is 12.0. The summed E-state index contributed by atoms with van der Waals surface area (Å²) < 4.78 is 12.9. The van der Waals surface area contributed by atoms with Crippen molar-refractivity contribution >= 4 is 22.7 Å². The summed E-state index contributed by atoms with van der Waals surface area (Å²) in [7, 11) is 0. The highest BCUT2D eigenvalue weighted by molar-refractivity contribution is 5.91. The molecule has 2 amide bonds. The molecule has 4 aromatic rings.